The second-order valence-corrected chi connectivity index (χ2v) is 5.26. The fourth-order valence-corrected chi connectivity index (χ4v) is 2.57. The highest BCUT2D eigenvalue weighted by Crippen LogP contribution is 2.29. The summed E-state index contributed by atoms with van der Waals surface area (Å²) in [6, 6.07) is 12.0. The molecule has 5 heteroatoms. The van der Waals surface area contributed by atoms with E-state index in [1.807, 2.05) is 24.3 Å². The Labute approximate surface area is 126 Å². The maximum absolute atomic E-state index is 13.5. The Morgan fingerprint density at radius 2 is 2.05 bits per heavy atom. The number of hydrogen-bond donors (Lipinski definition) is 2. The normalized spacial score (nSPS) is 12.2. The Hall–Kier alpha value is -1.43. The Bertz CT molecular complexity index is 592. The van der Waals surface area contributed by atoms with Gasteiger partial charge in [-0.05, 0) is 36.2 Å². The molecule has 0 amide bonds. The molecule has 20 heavy (non-hydrogen) atoms. The van der Waals surface area contributed by atoms with E-state index >= 15 is 0 Å². The van der Waals surface area contributed by atoms with E-state index in [0.29, 0.717) is 17.7 Å². The molecule has 0 aliphatic heterocycles. The predicted octanol–water partition coefficient (Wildman–Crippen LogP) is 3.34. The summed E-state index contributed by atoms with van der Waals surface area (Å²) < 4.78 is 19.7. The fraction of sp³-hybridized carbons (Fsp3) is 0.200. The van der Waals surface area contributed by atoms with Crippen molar-refractivity contribution in [2.75, 3.05) is 7.11 Å². The van der Waals surface area contributed by atoms with Gasteiger partial charge in [0.2, 0.25) is 0 Å². The number of hydrazine groups is 1. The van der Waals surface area contributed by atoms with Crippen molar-refractivity contribution in [3.8, 4) is 5.75 Å². The molecule has 0 radical (unpaired) electrons. The lowest BCUT2D eigenvalue weighted by Gasteiger charge is -2.20. The third kappa shape index (κ3) is 3.36. The summed E-state index contributed by atoms with van der Waals surface area (Å²) in [7, 11) is 1.56. The van der Waals surface area contributed by atoms with Crippen LogP contribution in [0.1, 0.15) is 17.2 Å². The average Bonchev–Trinajstić information content (AvgIpc) is 2.46. The zero-order valence-electron chi connectivity index (χ0n) is 11.1. The Balaban J connectivity index is 2.33. The number of nitrogens with two attached hydrogens (primary N) is 1. The largest absolute Gasteiger partial charge is 0.496 e. The highest BCUT2D eigenvalue weighted by molar-refractivity contribution is 9.10. The smallest absolute Gasteiger partial charge is 0.123 e. The number of methoxy groups -OCH3 is 1. The molecule has 0 aliphatic carbocycles. The topological polar surface area (TPSA) is 47.3 Å². The zero-order chi connectivity index (χ0) is 14.5. The maximum Gasteiger partial charge on any atom is 0.123 e. The SMILES string of the molecule is COc1ccc(F)cc1C(Cc1ccccc1Br)NN. The van der Waals surface area contributed by atoms with Crippen LogP contribution in [-0.2, 0) is 6.42 Å². The molecule has 1 unspecified atom stereocenters. The molecule has 0 saturated carbocycles. The summed E-state index contributed by atoms with van der Waals surface area (Å²) >= 11 is 3.50. The first-order chi connectivity index (χ1) is 9.65. The number of halogens is 2. The summed E-state index contributed by atoms with van der Waals surface area (Å²) in [5.74, 6) is 5.93. The molecule has 0 fully saturated rings. The molecule has 0 aromatic heterocycles. The van der Waals surface area contributed by atoms with Crippen LogP contribution in [0.2, 0.25) is 0 Å². The van der Waals surface area contributed by atoms with Crippen LogP contribution in [0.5, 0.6) is 5.75 Å². The van der Waals surface area contributed by atoms with E-state index in [1.165, 1.54) is 12.1 Å². The second kappa shape index (κ2) is 6.83. The van der Waals surface area contributed by atoms with Crippen molar-refractivity contribution < 1.29 is 9.13 Å². The van der Waals surface area contributed by atoms with E-state index in [1.54, 1.807) is 13.2 Å². The van der Waals surface area contributed by atoms with Crippen LogP contribution in [0.25, 0.3) is 0 Å². The lowest BCUT2D eigenvalue weighted by atomic mass is 9.98. The number of hydrogen-bond acceptors (Lipinski definition) is 3. The molecule has 0 spiro atoms. The maximum atomic E-state index is 13.5. The van der Waals surface area contributed by atoms with Gasteiger partial charge in [0, 0.05) is 10.0 Å². The summed E-state index contributed by atoms with van der Waals surface area (Å²) in [6.07, 6.45) is 0.623. The fourth-order valence-electron chi connectivity index (χ4n) is 2.12. The monoisotopic (exact) mass is 338 g/mol. The predicted molar refractivity (Wildman–Crippen MR) is 80.9 cm³/mol. The van der Waals surface area contributed by atoms with Gasteiger partial charge in [-0.2, -0.15) is 0 Å². The van der Waals surface area contributed by atoms with Gasteiger partial charge in [0.1, 0.15) is 11.6 Å². The molecular weight excluding hydrogens is 323 g/mol. The van der Waals surface area contributed by atoms with Gasteiger partial charge in [0.05, 0.1) is 13.2 Å². The van der Waals surface area contributed by atoms with E-state index < -0.39 is 0 Å². The van der Waals surface area contributed by atoms with Gasteiger partial charge < -0.3 is 4.74 Å². The van der Waals surface area contributed by atoms with Gasteiger partial charge in [-0.15, -0.1) is 0 Å². The van der Waals surface area contributed by atoms with Crippen molar-refractivity contribution in [1.29, 1.82) is 0 Å². The quantitative estimate of drug-likeness (QED) is 0.649. The molecule has 0 bridgehead atoms. The highest BCUT2D eigenvalue weighted by Gasteiger charge is 2.17. The summed E-state index contributed by atoms with van der Waals surface area (Å²) in [6.45, 7) is 0. The number of nitrogens with one attached hydrogen (secondary N) is 1. The van der Waals surface area contributed by atoms with Crippen LogP contribution in [0, 0.1) is 5.82 Å². The van der Waals surface area contributed by atoms with E-state index in [4.69, 9.17) is 10.6 Å². The van der Waals surface area contributed by atoms with Gasteiger partial charge in [-0.3, -0.25) is 11.3 Å². The third-order valence-electron chi connectivity index (χ3n) is 3.15. The Morgan fingerprint density at radius 3 is 2.70 bits per heavy atom. The molecule has 0 saturated heterocycles. The molecule has 2 aromatic carbocycles. The van der Waals surface area contributed by atoms with E-state index in [9.17, 15) is 4.39 Å². The van der Waals surface area contributed by atoms with E-state index in [2.05, 4.69) is 21.4 Å². The first kappa shape index (κ1) is 15.0. The minimum absolute atomic E-state index is 0.237. The van der Waals surface area contributed by atoms with Crippen molar-refractivity contribution in [2.24, 2.45) is 5.84 Å². The molecule has 2 aromatic rings. The van der Waals surface area contributed by atoms with Crippen molar-refractivity contribution in [1.82, 2.24) is 5.43 Å². The van der Waals surface area contributed by atoms with Crippen molar-refractivity contribution in [2.45, 2.75) is 12.5 Å². The summed E-state index contributed by atoms with van der Waals surface area (Å²) in [5, 5.41) is 0. The van der Waals surface area contributed by atoms with Crippen LogP contribution in [0.4, 0.5) is 4.39 Å². The van der Waals surface area contributed by atoms with Crippen LogP contribution in [0.3, 0.4) is 0 Å². The molecular formula is C15H16BrFN2O. The molecule has 2 rings (SSSR count). The first-order valence-corrected chi connectivity index (χ1v) is 6.98. The lowest BCUT2D eigenvalue weighted by molar-refractivity contribution is 0.397. The molecule has 1 atom stereocenters. The van der Waals surface area contributed by atoms with Gasteiger partial charge in [-0.25, -0.2) is 4.39 Å². The summed E-state index contributed by atoms with van der Waals surface area (Å²) in [5.41, 5.74) is 4.51. The van der Waals surface area contributed by atoms with Gasteiger partial charge in [0.25, 0.3) is 0 Å². The van der Waals surface area contributed by atoms with Crippen LogP contribution >= 0.6 is 15.9 Å². The van der Waals surface area contributed by atoms with E-state index in [-0.39, 0.29) is 11.9 Å². The van der Waals surface area contributed by atoms with Crippen LogP contribution in [0.15, 0.2) is 46.9 Å². The number of ether oxygens (including phenoxy) is 1. The average molecular weight is 339 g/mol. The van der Waals surface area contributed by atoms with Crippen LogP contribution < -0.4 is 16.0 Å². The van der Waals surface area contributed by atoms with E-state index in [0.717, 1.165) is 10.0 Å². The molecule has 3 nitrogen and oxygen atoms in total. The lowest BCUT2D eigenvalue weighted by Crippen LogP contribution is -2.30. The first-order valence-electron chi connectivity index (χ1n) is 6.18. The molecule has 106 valence electrons. The Morgan fingerprint density at radius 1 is 1.30 bits per heavy atom. The summed E-state index contributed by atoms with van der Waals surface area (Å²) in [4.78, 5) is 0. The van der Waals surface area contributed by atoms with Crippen molar-refractivity contribution >= 4 is 15.9 Å². The Kier molecular flexibility index (Phi) is 5.11. The number of rotatable bonds is 5. The number of benzene rings is 2. The minimum Gasteiger partial charge on any atom is -0.496 e. The third-order valence-corrected chi connectivity index (χ3v) is 3.92. The minimum atomic E-state index is -0.312. The van der Waals surface area contributed by atoms with Crippen LogP contribution in [-0.4, -0.2) is 7.11 Å². The van der Waals surface area contributed by atoms with Gasteiger partial charge in [0.15, 0.2) is 0 Å². The molecule has 0 heterocycles. The van der Waals surface area contributed by atoms with Gasteiger partial charge in [-0.1, -0.05) is 34.1 Å². The van der Waals surface area contributed by atoms with Gasteiger partial charge >= 0.3 is 0 Å². The molecule has 0 aliphatic rings. The molecule has 3 N–H and O–H groups in total. The van der Waals surface area contributed by atoms with Crippen molar-refractivity contribution in [3.05, 3.63) is 63.9 Å². The van der Waals surface area contributed by atoms with Crippen molar-refractivity contribution in [3.63, 3.8) is 0 Å². The standard InChI is InChI=1S/C15H16BrFN2O/c1-20-15-7-6-11(17)9-12(15)14(19-18)8-10-4-2-3-5-13(10)16/h2-7,9,14,19H,8,18H2,1H3. The highest BCUT2D eigenvalue weighted by atomic mass is 79.9. The second-order valence-electron chi connectivity index (χ2n) is 4.40. The zero-order valence-corrected chi connectivity index (χ0v) is 12.7.